The van der Waals surface area contributed by atoms with Crippen molar-refractivity contribution in [1.29, 1.82) is 0 Å². The molecule has 1 heterocycles. The Morgan fingerprint density at radius 1 is 1.39 bits per heavy atom. The van der Waals surface area contributed by atoms with Gasteiger partial charge in [0.05, 0.1) is 0 Å². The van der Waals surface area contributed by atoms with Crippen LogP contribution in [-0.4, -0.2) is 64.2 Å². The van der Waals surface area contributed by atoms with Crippen LogP contribution in [0.15, 0.2) is 33.0 Å². The second-order valence-corrected chi connectivity index (χ2v) is 12.0. The zero-order valence-corrected chi connectivity index (χ0v) is 21.8. The Morgan fingerprint density at radius 3 is 2.74 bits per heavy atom. The van der Waals surface area contributed by atoms with E-state index in [0.29, 0.717) is 24.3 Å². The molecule has 169 valence electrons. The van der Waals surface area contributed by atoms with E-state index in [0.717, 1.165) is 4.47 Å². The summed E-state index contributed by atoms with van der Waals surface area (Å²) in [7, 11) is 5.83. The number of hydrogen-bond donors (Lipinski definition) is 3. The van der Waals surface area contributed by atoms with Crippen LogP contribution in [0.4, 0.5) is 0 Å². The number of aryl methyl sites for hydroxylation is 1. The van der Waals surface area contributed by atoms with Crippen LogP contribution in [0.2, 0.25) is 0 Å². The van der Waals surface area contributed by atoms with E-state index < -0.39 is 18.2 Å². The number of allylic oxidation sites excluding steroid dienone is 2. The monoisotopic (exact) mass is 543 g/mol. The first kappa shape index (κ1) is 26.9. The molecule has 5 atom stereocenters. The molecule has 3 N–H and O–H groups in total. The first-order valence-corrected chi connectivity index (χ1v) is 13.9. The van der Waals surface area contributed by atoms with Crippen LogP contribution in [-0.2, 0) is 4.79 Å². The Morgan fingerprint density at radius 2 is 2.13 bits per heavy atom. The molecule has 1 aliphatic carbocycles. The van der Waals surface area contributed by atoms with Crippen molar-refractivity contribution in [2.45, 2.75) is 43.1 Å². The third-order valence-electron chi connectivity index (χ3n) is 5.39. The second kappa shape index (κ2) is 13.4. The molecule has 31 heavy (non-hydrogen) atoms. The van der Waals surface area contributed by atoms with Gasteiger partial charge in [0.2, 0.25) is 0 Å². The molecular formula is C22H29BBrO4S3. The number of aliphatic hydroxyl groups is 2. The number of aliphatic hydroxyl groups excluding tert-OH is 2. The summed E-state index contributed by atoms with van der Waals surface area (Å²) in [5.41, 5.74) is 1.22. The predicted molar refractivity (Wildman–Crippen MR) is 139 cm³/mol. The summed E-state index contributed by atoms with van der Waals surface area (Å²) in [4.78, 5) is 11.8. The first-order chi connectivity index (χ1) is 14.7. The zero-order chi connectivity index (χ0) is 23.0. The Kier molecular flexibility index (Phi) is 11.6. The van der Waals surface area contributed by atoms with Gasteiger partial charge in [-0.05, 0) is 0 Å². The number of rotatable bonds is 12. The van der Waals surface area contributed by atoms with Gasteiger partial charge in [0.15, 0.2) is 0 Å². The van der Waals surface area contributed by atoms with Crippen molar-refractivity contribution in [2.75, 3.05) is 17.3 Å². The van der Waals surface area contributed by atoms with Gasteiger partial charge in [-0.3, -0.25) is 0 Å². The van der Waals surface area contributed by atoms with Crippen molar-refractivity contribution in [1.82, 2.24) is 0 Å². The van der Waals surface area contributed by atoms with Crippen molar-refractivity contribution in [3.63, 3.8) is 0 Å². The quantitative estimate of drug-likeness (QED) is 0.156. The predicted octanol–water partition coefficient (Wildman–Crippen LogP) is 4.48. The maximum absolute atomic E-state index is 10.6. The van der Waals surface area contributed by atoms with Crippen LogP contribution in [0.25, 0.3) is 0 Å². The molecule has 1 aliphatic rings. The Labute approximate surface area is 206 Å². The van der Waals surface area contributed by atoms with E-state index in [1.165, 1.54) is 26.4 Å². The van der Waals surface area contributed by atoms with Gasteiger partial charge in [0.25, 0.3) is 0 Å². The van der Waals surface area contributed by atoms with Crippen molar-refractivity contribution in [3.05, 3.63) is 39.2 Å². The summed E-state index contributed by atoms with van der Waals surface area (Å²) < 4.78 is 2.36. The molecule has 4 nitrogen and oxygen atoms in total. The van der Waals surface area contributed by atoms with Gasteiger partial charge in [-0.2, -0.15) is 0 Å². The molecule has 1 aromatic rings. The van der Waals surface area contributed by atoms with Crippen molar-refractivity contribution in [2.24, 2.45) is 17.8 Å². The number of aliphatic carboxylic acids is 1. The van der Waals surface area contributed by atoms with Gasteiger partial charge in [0, 0.05) is 0 Å². The van der Waals surface area contributed by atoms with E-state index in [1.54, 1.807) is 29.1 Å². The number of carboxylic acids is 1. The fourth-order valence-electron chi connectivity index (χ4n) is 3.75. The summed E-state index contributed by atoms with van der Waals surface area (Å²) in [6.45, 7) is 4.16. The molecule has 1 radical (unpaired) electrons. The van der Waals surface area contributed by atoms with E-state index in [-0.39, 0.29) is 23.5 Å². The topological polar surface area (TPSA) is 77.8 Å². The third kappa shape index (κ3) is 8.20. The van der Waals surface area contributed by atoms with Gasteiger partial charge in [0.1, 0.15) is 0 Å². The van der Waals surface area contributed by atoms with Gasteiger partial charge >= 0.3 is 208 Å². The van der Waals surface area contributed by atoms with Gasteiger partial charge in [-0.1, -0.05) is 0 Å². The Bertz CT molecular complexity index is 811. The van der Waals surface area contributed by atoms with Gasteiger partial charge in [-0.25, -0.2) is 0 Å². The standard InChI is InChI=1S/C22H29BBrO4S3/c1-13-21(24)14(2)31-22(13)30-11-16(25)6-7-17-15(10-23)9-19(26)18(17)5-3-4-8-29-12-20(27)28/h3-4,6-7,10,15-19,25-26H,5,8-9,11-12H2,1-2H3,(H,27,28)/b4-3-,7-6+/t15-,16+,17-,18+,19?/m0/s1. The number of thiophene rings is 1. The Balaban J connectivity index is 1.92. The molecule has 9 heteroatoms. The molecule has 0 bridgehead atoms. The van der Waals surface area contributed by atoms with Crippen LogP contribution < -0.4 is 0 Å². The molecule has 0 amide bonds. The molecule has 0 aliphatic heterocycles. The van der Waals surface area contributed by atoms with Crippen LogP contribution in [0.3, 0.4) is 0 Å². The van der Waals surface area contributed by atoms with Crippen molar-refractivity contribution < 1.29 is 20.1 Å². The summed E-state index contributed by atoms with van der Waals surface area (Å²) in [5.74, 6) is 2.30. The summed E-state index contributed by atoms with van der Waals surface area (Å²) >= 11 is 8.33. The normalized spacial score (nSPS) is 24.9. The number of carbonyl (C=O) groups is 1. The molecule has 1 unspecified atom stereocenters. The van der Waals surface area contributed by atoms with E-state index in [2.05, 4.69) is 29.8 Å². The van der Waals surface area contributed by atoms with Gasteiger partial charge < -0.3 is 0 Å². The van der Waals surface area contributed by atoms with E-state index in [4.69, 9.17) is 12.6 Å². The fraction of sp³-hybridized carbons (Fsp3) is 0.545. The molecule has 0 saturated heterocycles. The Hall–Kier alpha value is -0.315. The number of thioether (sulfide) groups is 2. The first-order valence-electron chi connectivity index (χ1n) is 10.2. The zero-order valence-electron chi connectivity index (χ0n) is 17.7. The molecule has 0 aromatic carbocycles. The van der Waals surface area contributed by atoms with Crippen LogP contribution in [0.5, 0.6) is 0 Å². The van der Waals surface area contributed by atoms with Gasteiger partial charge in [-0.15, -0.1) is 0 Å². The van der Waals surface area contributed by atoms with E-state index in [9.17, 15) is 15.0 Å². The van der Waals surface area contributed by atoms with Crippen molar-refractivity contribution in [3.8, 4) is 0 Å². The molecule has 0 spiro atoms. The molecule has 1 aromatic heterocycles. The molecule has 1 saturated carbocycles. The minimum atomic E-state index is -0.815. The molecular weight excluding hydrogens is 515 g/mol. The van der Waals surface area contributed by atoms with Crippen LogP contribution >= 0.6 is 50.8 Å². The summed E-state index contributed by atoms with van der Waals surface area (Å²) in [6.07, 6.45) is 8.09. The van der Waals surface area contributed by atoms with E-state index >= 15 is 0 Å². The number of hydrogen-bond acceptors (Lipinski definition) is 6. The maximum atomic E-state index is 10.6. The molecule has 2 rings (SSSR count). The molecule has 1 fully saturated rings. The minimum absolute atomic E-state index is 0.0276. The van der Waals surface area contributed by atoms with Crippen LogP contribution in [0, 0.1) is 31.6 Å². The van der Waals surface area contributed by atoms with E-state index in [1.807, 2.05) is 24.3 Å². The number of carboxylic acid groups (broad SMARTS) is 1. The van der Waals surface area contributed by atoms with Crippen molar-refractivity contribution >= 4 is 70.2 Å². The van der Waals surface area contributed by atoms with Crippen LogP contribution in [0.1, 0.15) is 23.3 Å². The second-order valence-electron chi connectivity index (χ2n) is 7.66. The fourth-order valence-corrected chi connectivity index (χ4v) is 7.36. The average molecular weight is 544 g/mol. The summed E-state index contributed by atoms with van der Waals surface area (Å²) in [5, 5.41) is 29.7. The average Bonchev–Trinajstić information content (AvgIpc) is 3.17. The SMILES string of the molecule is [B]=C[C@@H]1CC(O)[C@H](C/C=C\CSCC(=O)O)[C@H]1/C=C/[C@@H](O)CSc1sc(C)c(Br)c1C. The third-order valence-corrected chi connectivity index (χ3v) is 10.4. The summed E-state index contributed by atoms with van der Waals surface area (Å²) in [6, 6.07) is 0. The number of halogens is 1.